The van der Waals surface area contributed by atoms with Gasteiger partial charge >= 0.3 is 0 Å². The fourth-order valence-electron chi connectivity index (χ4n) is 2.97. The summed E-state index contributed by atoms with van der Waals surface area (Å²) in [4.78, 5) is 14.5. The van der Waals surface area contributed by atoms with E-state index in [2.05, 4.69) is 24.1 Å². The highest BCUT2D eigenvalue weighted by atomic mass is 16.5. The number of phenols is 1. The second kappa shape index (κ2) is 8.89. The lowest BCUT2D eigenvalue weighted by molar-refractivity contribution is -0.121. The second-order valence-electron chi connectivity index (χ2n) is 6.39. The predicted molar refractivity (Wildman–Crippen MR) is 90.5 cm³/mol. The molecule has 1 aliphatic heterocycles. The molecule has 0 aromatic heterocycles. The third-order valence-corrected chi connectivity index (χ3v) is 4.41. The van der Waals surface area contributed by atoms with E-state index >= 15 is 0 Å². The highest BCUT2D eigenvalue weighted by Crippen LogP contribution is 2.17. The lowest BCUT2D eigenvalue weighted by Gasteiger charge is -2.36. The van der Waals surface area contributed by atoms with Crippen LogP contribution < -0.4 is 5.32 Å². The van der Waals surface area contributed by atoms with Crippen molar-refractivity contribution in [2.45, 2.75) is 32.7 Å². The van der Waals surface area contributed by atoms with E-state index in [4.69, 9.17) is 4.74 Å². The third-order valence-electron chi connectivity index (χ3n) is 4.41. The molecule has 5 nitrogen and oxygen atoms in total. The van der Waals surface area contributed by atoms with E-state index in [9.17, 15) is 9.90 Å². The van der Waals surface area contributed by atoms with Crippen LogP contribution in [0.5, 0.6) is 5.75 Å². The molecule has 1 heterocycles. The van der Waals surface area contributed by atoms with Gasteiger partial charge in [-0.2, -0.15) is 0 Å². The smallest absolute Gasteiger partial charge is 0.220 e. The van der Waals surface area contributed by atoms with E-state index in [1.54, 1.807) is 12.1 Å². The number of carbonyl (C=O) groups is 1. The summed E-state index contributed by atoms with van der Waals surface area (Å²) in [6.07, 6.45) is 0.952. The van der Waals surface area contributed by atoms with Crippen molar-refractivity contribution < 1.29 is 14.6 Å². The van der Waals surface area contributed by atoms with Gasteiger partial charge in [0, 0.05) is 32.1 Å². The van der Waals surface area contributed by atoms with Gasteiger partial charge in [0.15, 0.2) is 0 Å². The average molecular weight is 320 g/mol. The molecular weight excluding hydrogens is 292 g/mol. The van der Waals surface area contributed by atoms with Gasteiger partial charge in [0.1, 0.15) is 5.75 Å². The zero-order valence-electron chi connectivity index (χ0n) is 14.1. The molecule has 0 radical (unpaired) electrons. The Labute approximate surface area is 138 Å². The van der Waals surface area contributed by atoms with Gasteiger partial charge in [-0.25, -0.2) is 0 Å². The minimum Gasteiger partial charge on any atom is -0.508 e. The number of amides is 1. The van der Waals surface area contributed by atoms with Gasteiger partial charge in [-0.05, 0) is 24.0 Å². The fourth-order valence-corrected chi connectivity index (χ4v) is 2.97. The van der Waals surface area contributed by atoms with Gasteiger partial charge in [0.2, 0.25) is 5.91 Å². The summed E-state index contributed by atoms with van der Waals surface area (Å²) in [6.45, 7) is 8.43. The lowest BCUT2D eigenvalue weighted by Crippen LogP contribution is -2.51. The number of carbonyl (C=O) groups excluding carboxylic acids is 1. The van der Waals surface area contributed by atoms with Crippen molar-refractivity contribution in [1.82, 2.24) is 10.2 Å². The van der Waals surface area contributed by atoms with Crippen LogP contribution in [0.3, 0.4) is 0 Å². The molecular formula is C18H28N2O3. The van der Waals surface area contributed by atoms with E-state index in [0.29, 0.717) is 31.3 Å². The topological polar surface area (TPSA) is 61.8 Å². The van der Waals surface area contributed by atoms with Gasteiger partial charge in [-0.15, -0.1) is 0 Å². The summed E-state index contributed by atoms with van der Waals surface area (Å²) in [5, 5.41) is 12.8. The summed E-state index contributed by atoms with van der Waals surface area (Å²) in [5.74, 6) is 0.771. The number of aryl methyl sites for hydroxylation is 1. The Morgan fingerprint density at radius 3 is 2.65 bits per heavy atom. The first-order valence-electron chi connectivity index (χ1n) is 8.43. The van der Waals surface area contributed by atoms with Crippen molar-refractivity contribution >= 4 is 5.91 Å². The first-order chi connectivity index (χ1) is 11.1. The molecule has 2 N–H and O–H groups in total. The van der Waals surface area contributed by atoms with Crippen molar-refractivity contribution in [3.05, 3.63) is 29.8 Å². The number of nitrogens with zero attached hydrogens (tertiary/aromatic N) is 1. The van der Waals surface area contributed by atoms with Gasteiger partial charge in [0.05, 0.1) is 13.2 Å². The number of hydrogen-bond donors (Lipinski definition) is 2. The second-order valence-corrected chi connectivity index (χ2v) is 6.39. The van der Waals surface area contributed by atoms with Crippen molar-refractivity contribution in [2.75, 3.05) is 32.8 Å². The first kappa shape index (κ1) is 17.8. The van der Waals surface area contributed by atoms with E-state index in [1.165, 1.54) is 0 Å². The maximum absolute atomic E-state index is 12.1. The molecule has 0 spiro atoms. The Morgan fingerprint density at radius 1 is 1.30 bits per heavy atom. The molecule has 1 aromatic rings. The van der Waals surface area contributed by atoms with E-state index in [0.717, 1.165) is 31.9 Å². The predicted octanol–water partition coefficient (Wildman–Crippen LogP) is 1.80. The van der Waals surface area contributed by atoms with Gasteiger partial charge in [-0.3, -0.25) is 9.69 Å². The Bertz CT molecular complexity index is 499. The molecule has 1 aliphatic rings. The van der Waals surface area contributed by atoms with Crippen molar-refractivity contribution in [3.8, 4) is 5.75 Å². The summed E-state index contributed by atoms with van der Waals surface area (Å²) >= 11 is 0. The van der Waals surface area contributed by atoms with Crippen LogP contribution in [0.4, 0.5) is 0 Å². The molecule has 1 aromatic carbocycles. The Kier molecular flexibility index (Phi) is 6.86. The number of morpholine rings is 1. The monoisotopic (exact) mass is 320 g/mol. The molecule has 1 atom stereocenters. The van der Waals surface area contributed by atoms with Gasteiger partial charge in [0.25, 0.3) is 0 Å². The molecule has 1 amide bonds. The third kappa shape index (κ3) is 5.52. The standard InChI is InChI=1S/C18H28N2O3/c1-14(2)16(20-9-11-23-12-10-20)13-19-18(22)8-7-15-5-3-4-6-17(15)21/h3-6,14,16,21H,7-13H2,1-2H3,(H,19,22). The average Bonchev–Trinajstić information content (AvgIpc) is 2.55. The maximum atomic E-state index is 12.1. The summed E-state index contributed by atoms with van der Waals surface area (Å²) < 4.78 is 5.40. The minimum atomic E-state index is 0.0344. The zero-order chi connectivity index (χ0) is 16.7. The summed E-state index contributed by atoms with van der Waals surface area (Å²) in [7, 11) is 0. The Morgan fingerprint density at radius 2 is 2.00 bits per heavy atom. The van der Waals surface area contributed by atoms with Gasteiger partial charge < -0.3 is 15.2 Å². The highest BCUT2D eigenvalue weighted by molar-refractivity contribution is 5.76. The molecule has 1 unspecified atom stereocenters. The quantitative estimate of drug-likeness (QED) is 0.804. The molecule has 128 valence electrons. The number of benzene rings is 1. The lowest BCUT2D eigenvalue weighted by atomic mass is 10.0. The van der Waals surface area contributed by atoms with Gasteiger partial charge in [-0.1, -0.05) is 32.0 Å². The number of nitrogens with one attached hydrogen (secondary N) is 1. The Balaban J connectivity index is 1.78. The van der Waals surface area contributed by atoms with Crippen LogP contribution in [0.2, 0.25) is 0 Å². The summed E-state index contributed by atoms with van der Waals surface area (Å²) in [5.41, 5.74) is 0.816. The number of rotatable bonds is 7. The van der Waals surface area contributed by atoms with Crippen LogP contribution in [-0.4, -0.2) is 54.8 Å². The molecule has 5 heteroatoms. The van der Waals surface area contributed by atoms with Crippen LogP contribution in [0, 0.1) is 5.92 Å². The molecule has 23 heavy (non-hydrogen) atoms. The molecule has 0 saturated carbocycles. The molecule has 1 saturated heterocycles. The number of aromatic hydroxyl groups is 1. The normalized spacial score (nSPS) is 17.2. The van der Waals surface area contributed by atoms with Crippen molar-refractivity contribution in [1.29, 1.82) is 0 Å². The number of ether oxygens (including phenoxy) is 1. The van der Waals surface area contributed by atoms with Crippen LogP contribution in [0.25, 0.3) is 0 Å². The number of hydrogen-bond acceptors (Lipinski definition) is 4. The number of para-hydroxylation sites is 1. The zero-order valence-corrected chi connectivity index (χ0v) is 14.1. The van der Waals surface area contributed by atoms with Crippen LogP contribution in [0.1, 0.15) is 25.8 Å². The van der Waals surface area contributed by atoms with E-state index < -0.39 is 0 Å². The molecule has 0 aliphatic carbocycles. The summed E-state index contributed by atoms with van der Waals surface area (Å²) in [6, 6.07) is 7.51. The fraction of sp³-hybridized carbons (Fsp3) is 0.611. The first-order valence-corrected chi connectivity index (χ1v) is 8.43. The molecule has 0 bridgehead atoms. The largest absolute Gasteiger partial charge is 0.508 e. The van der Waals surface area contributed by atoms with Crippen molar-refractivity contribution in [2.24, 2.45) is 5.92 Å². The van der Waals surface area contributed by atoms with Crippen LogP contribution in [-0.2, 0) is 16.0 Å². The van der Waals surface area contributed by atoms with E-state index in [1.807, 2.05) is 12.1 Å². The maximum Gasteiger partial charge on any atom is 0.220 e. The van der Waals surface area contributed by atoms with Crippen LogP contribution >= 0.6 is 0 Å². The van der Waals surface area contributed by atoms with Crippen molar-refractivity contribution in [3.63, 3.8) is 0 Å². The molecule has 2 rings (SSSR count). The molecule has 1 fully saturated rings. The van der Waals surface area contributed by atoms with E-state index in [-0.39, 0.29) is 11.7 Å². The van der Waals surface area contributed by atoms with Crippen LogP contribution in [0.15, 0.2) is 24.3 Å². The SMILES string of the molecule is CC(C)C(CNC(=O)CCc1ccccc1O)N1CCOCC1. The number of phenolic OH excluding ortho intramolecular Hbond substituents is 1. The Hall–Kier alpha value is -1.59. The minimum absolute atomic E-state index is 0.0344. The highest BCUT2D eigenvalue weighted by Gasteiger charge is 2.24.